The standard InChI is InChI=1S/C35H30ClN3/c1-4-25-14-20-31(22-26(25)5-2)39(32-21-15-27-10-6-7-11-29(27)23-32)30-18-16-28(17-19-30)35(38-24-37-3)33-12-8-9-13-34(33)36/h4-24,34H,1-2H2,3H3,(H,37,38)/b35-33-. The number of nitrogens with zero attached hydrogens (tertiary/aromatic N) is 2. The van der Waals surface area contributed by atoms with Gasteiger partial charge in [-0.1, -0.05) is 98.1 Å². The van der Waals surface area contributed by atoms with Crippen LogP contribution in [-0.2, 0) is 0 Å². The fourth-order valence-electron chi connectivity index (χ4n) is 4.80. The molecule has 0 saturated carbocycles. The largest absolute Gasteiger partial charge is 0.346 e. The normalized spacial score (nSPS) is 15.9. The van der Waals surface area contributed by atoms with E-state index in [0.29, 0.717) is 0 Å². The minimum absolute atomic E-state index is 0.225. The SMILES string of the molecule is C=Cc1ccc(N(c2ccc(/C(NC=NC)=C3\C=CC=CC3Cl)cc2)c2ccc3ccccc3c2)cc1C=C. The predicted octanol–water partition coefficient (Wildman–Crippen LogP) is 9.29. The molecule has 0 amide bonds. The number of hydrogen-bond acceptors (Lipinski definition) is 2. The van der Waals surface area contributed by atoms with E-state index in [9.17, 15) is 0 Å². The Kier molecular flexibility index (Phi) is 7.91. The van der Waals surface area contributed by atoms with Crippen LogP contribution >= 0.6 is 11.6 Å². The molecule has 4 heteroatoms. The molecule has 1 atom stereocenters. The molecule has 4 aromatic carbocycles. The number of fused-ring (bicyclic) bond motifs is 1. The van der Waals surface area contributed by atoms with Gasteiger partial charge in [-0.15, -0.1) is 11.6 Å². The van der Waals surface area contributed by atoms with E-state index in [-0.39, 0.29) is 5.38 Å². The van der Waals surface area contributed by atoms with Crippen molar-refractivity contribution in [3.63, 3.8) is 0 Å². The zero-order valence-electron chi connectivity index (χ0n) is 21.9. The zero-order chi connectivity index (χ0) is 27.2. The van der Waals surface area contributed by atoms with Gasteiger partial charge >= 0.3 is 0 Å². The van der Waals surface area contributed by atoms with Crippen LogP contribution in [0.1, 0.15) is 16.7 Å². The summed E-state index contributed by atoms with van der Waals surface area (Å²) in [7, 11) is 1.74. The first-order valence-electron chi connectivity index (χ1n) is 12.8. The van der Waals surface area contributed by atoms with Crippen LogP contribution in [0.2, 0.25) is 0 Å². The summed E-state index contributed by atoms with van der Waals surface area (Å²) in [5, 5.41) is 5.49. The molecular formula is C35H30ClN3. The van der Waals surface area contributed by atoms with Crippen molar-refractivity contribution in [2.45, 2.75) is 5.38 Å². The third-order valence-corrected chi connectivity index (χ3v) is 7.15. The van der Waals surface area contributed by atoms with Crippen molar-refractivity contribution in [1.82, 2.24) is 5.32 Å². The molecule has 0 radical (unpaired) electrons. The Labute approximate surface area is 235 Å². The highest BCUT2D eigenvalue weighted by molar-refractivity contribution is 6.24. The maximum atomic E-state index is 6.65. The Morgan fingerprint density at radius 1 is 0.821 bits per heavy atom. The first-order valence-corrected chi connectivity index (χ1v) is 13.2. The summed E-state index contributed by atoms with van der Waals surface area (Å²) in [4.78, 5) is 6.38. The van der Waals surface area contributed by atoms with Crippen LogP contribution < -0.4 is 10.2 Å². The number of allylic oxidation sites excluding steroid dienone is 5. The zero-order valence-corrected chi connectivity index (χ0v) is 22.6. The van der Waals surface area contributed by atoms with Gasteiger partial charge in [0.2, 0.25) is 0 Å². The van der Waals surface area contributed by atoms with Crippen molar-refractivity contribution in [3.05, 3.63) is 145 Å². The Balaban J connectivity index is 1.63. The van der Waals surface area contributed by atoms with Crippen LogP contribution in [0.15, 0.2) is 133 Å². The van der Waals surface area contributed by atoms with E-state index in [1.165, 1.54) is 10.8 Å². The maximum absolute atomic E-state index is 6.65. The van der Waals surface area contributed by atoms with E-state index in [2.05, 4.69) is 113 Å². The predicted molar refractivity (Wildman–Crippen MR) is 171 cm³/mol. The smallest absolute Gasteiger partial charge is 0.0864 e. The first-order chi connectivity index (χ1) is 19.1. The van der Waals surface area contributed by atoms with Crippen molar-refractivity contribution >= 4 is 63.6 Å². The number of benzene rings is 4. The lowest BCUT2D eigenvalue weighted by Gasteiger charge is -2.27. The summed E-state index contributed by atoms with van der Waals surface area (Å²) in [6.45, 7) is 7.98. The highest BCUT2D eigenvalue weighted by Crippen LogP contribution is 2.38. The summed E-state index contributed by atoms with van der Waals surface area (Å²) in [6, 6.07) is 29.8. The molecule has 0 fully saturated rings. The number of nitrogens with one attached hydrogen (secondary N) is 1. The second-order valence-electron chi connectivity index (χ2n) is 9.14. The number of alkyl halides is 1. The Morgan fingerprint density at radius 2 is 1.51 bits per heavy atom. The van der Waals surface area contributed by atoms with E-state index in [4.69, 9.17) is 11.6 Å². The quantitative estimate of drug-likeness (QED) is 0.140. The van der Waals surface area contributed by atoms with E-state index in [1.807, 2.05) is 36.5 Å². The van der Waals surface area contributed by atoms with Gasteiger partial charge in [0, 0.05) is 24.1 Å². The Morgan fingerprint density at radius 3 is 2.23 bits per heavy atom. The van der Waals surface area contributed by atoms with Gasteiger partial charge in [-0.25, -0.2) is 0 Å². The topological polar surface area (TPSA) is 27.6 Å². The minimum atomic E-state index is -0.225. The van der Waals surface area contributed by atoms with Gasteiger partial charge in [-0.05, 0) is 69.4 Å². The molecule has 192 valence electrons. The summed E-state index contributed by atoms with van der Waals surface area (Å²) in [5.41, 5.74) is 8.16. The molecule has 1 aliphatic carbocycles. The number of aliphatic imine (C=N–C) groups is 1. The number of hydrogen-bond donors (Lipinski definition) is 1. The molecule has 1 N–H and O–H groups in total. The molecule has 0 spiro atoms. The molecule has 0 bridgehead atoms. The molecule has 3 nitrogen and oxygen atoms in total. The average molecular weight is 528 g/mol. The second-order valence-corrected chi connectivity index (χ2v) is 9.61. The molecule has 0 heterocycles. The van der Waals surface area contributed by atoms with E-state index in [1.54, 1.807) is 13.4 Å². The molecule has 4 aromatic rings. The Bertz CT molecular complexity index is 1640. The number of anilines is 3. The highest BCUT2D eigenvalue weighted by Gasteiger charge is 2.17. The van der Waals surface area contributed by atoms with Gasteiger partial charge in [0.05, 0.1) is 17.4 Å². The summed E-state index contributed by atoms with van der Waals surface area (Å²) >= 11 is 6.65. The highest BCUT2D eigenvalue weighted by atomic mass is 35.5. The van der Waals surface area contributed by atoms with Crippen molar-refractivity contribution in [3.8, 4) is 0 Å². The van der Waals surface area contributed by atoms with E-state index in [0.717, 1.165) is 45.0 Å². The third kappa shape index (κ3) is 5.50. The molecule has 0 saturated heterocycles. The van der Waals surface area contributed by atoms with Gasteiger partial charge in [0.25, 0.3) is 0 Å². The van der Waals surface area contributed by atoms with Gasteiger partial charge in [0.1, 0.15) is 0 Å². The minimum Gasteiger partial charge on any atom is -0.346 e. The molecule has 0 aliphatic heterocycles. The molecule has 5 rings (SSSR count). The summed E-state index contributed by atoms with van der Waals surface area (Å²) < 4.78 is 0. The Hall–Kier alpha value is -4.60. The van der Waals surface area contributed by atoms with Crippen molar-refractivity contribution in [2.75, 3.05) is 11.9 Å². The third-order valence-electron chi connectivity index (χ3n) is 6.76. The summed E-state index contributed by atoms with van der Waals surface area (Å²) in [6.07, 6.45) is 13.4. The number of halogens is 1. The monoisotopic (exact) mass is 527 g/mol. The van der Waals surface area contributed by atoms with Crippen LogP contribution in [0, 0.1) is 0 Å². The molecule has 1 unspecified atom stereocenters. The van der Waals surface area contributed by atoms with Crippen LogP contribution in [0.25, 0.3) is 28.6 Å². The van der Waals surface area contributed by atoms with Crippen molar-refractivity contribution < 1.29 is 0 Å². The first kappa shape index (κ1) is 26.0. The van der Waals surface area contributed by atoms with Crippen LogP contribution in [0.3, 0.4) is 0 Å². The van der Waals surface area contributed by atoms with E-state index >= 15 is 0 Å². The second kappa shape index (κ2) is 11.8. The fourth-order valence-corrected chi connectivity index (χ4v) is 5.07. The van der Waals surface area contributed by atoms with Crippen LogP contribution in [-0.4, -0.2) is 18.8 Å². The number of rotatable bonds is 8. The van der Waals surface area contributed by atoms with Crippen LogP contribution in [0.4, 0.5) is 17.1 Å². The van der Waals surface area contributed by atoms with Gasteiger partial charge in [-0.3, -0.25) is 4.99 Å². The average Bonchev–Trinajstić information content (AvgIpc) is 2.99. The van der Waals surface area contributed by atoms with Crippen molar-refractivity contribution in [1.29, 1.82) is 0 Å². The van der Waals surface area contributed by atoms with Gasteiger partial charge in [-0.2, -0.15) is 0 Å². The molecule has 39 heavy (non-hydrogen) atoms. The summed E-state index contributed by atoms with van der Waals surface area (Å²) in [5.74, 6) is 0. The van der Waals surface area contributed by atoms with Crippen LogP contribution in [0.5, 0.6) is 0 Å². The van der Waals surface area contributed by atoms with Crippen molar-refractivity contribution in [2.24, 2.45) is 4.99 Å². The molecule has 1 aliphatic rings. The molecular weight excluding hydrogens is 498 g/mol. The lowest BCUT2D eigenvalue weighted by molar-refractivity contribution is 1.19. The lowest BCUT2D eigenvalue weighted by atomic mass is 9.99. The maximum Gasteiger partial charge on any atom is 0.0864 e. The van der Waals surface area contributed by atoms with Gasteiger partial charge in [0.15, 0.2) is 0 Å². The molecule has 0 aromatic heterocycles. The van der Waals surface area contributed by atoms with Gasteiger partial charge < -0.3 is 10.2 Å². The lowest BCUT2D eigenvalue weighted by Crippen LogP contribution is -2.16. The fraction of sp³-hybridized carbons (Fsp3) is 0.0571. The van der Waals surface area contributed by atoms with E-state index < -0.39 is 0 Å².